The Morgan fingerprint density at radius 3 is 2.20 bits per heavy atom. The van der Waals surface area contributed by atoms with Crippen LogP contribution in [0.2, 0.25) is 0 Å². The van der Waals surface area contributed by atoms with Crippen molar-refractivity contribution in [2.75, 3.05) is 21.3 Å². The normalized spacial score (nSPS) is 13.0. The third kappa shape index (κ3) is 3.69. The lowest BCUT2D eigenvalue weighted by molar-refractivity contribution is 0.104. The lowest BCUT2D eigenvalue weighted by Crippen LogP contribution is -2.13. The molecule has 6 rings (SSSR count). The standard InChI is InChI=1S/C32H26O9/c1-13-6-17-25-18(11-16(38-3)12-23(25)39-4)27(30(37)26(17)19(33)7-13)29-22(36)10-15-9-21(35)28-20(34)8-14(2)41-32(28)24(15)31(29)40-5/h7-12,34-35,37H,6H2,1-5H3. The van der Waals surface area contributed by atoms with Crippen molar-refractivity contribution in [3.8, 4) is 45.6 Å². The molecule has 0 aliphatic heterocycles. The molecule has 1 aromatic heterocycles. The minimum atomic E-state index is -0.543. The van der Waals surface area contributed by atoms with Gasteiger partial charge in [0, 0.05) is 28.5 Å². The van der Waals surface area contributed by atoms with E-state index in [2.05, 4.69) is 0 Å². The van der Waals surface area contributed by atoms with Crippen molar-refractivity contribution in [3.63, 3.8) is 0 Å². The molecule has 0 spiro atoms. The smallest absolute Gasteiger partial charge is 0.190 e. The zero-order valence-corrected chi connectivity index (χ0v) is 23.0. The number of aromatic hydroxyl groups is 3. The van der Waals surface area contributed by atoms with Gasteiger partial charge in [-0.05, 0) is 55.5 Å². The van der Waals surface area contributed by atoms with Crippen LogP contribution in [0.4, 0.5) is 0 Å². The van der Waals surface area contributed by atoms with Crippen LogP contribution < -0.4 is 19.6 Å². The number of ketones is 1. The number of phenols is 2. The highest BCUT2D eigenvalue weighted by Gasteiger charge is 2.32. The van der Waals surface area contributed by atoms with E-state index in [0.29, 0.717) is 45.4 Å². The summed E-state index contributed by atoms with van der Waals surface area (Å²) in [5.41, 5.74) is 1.01. The predicted molar refractivity (Wildman–Crippen MR) is 154 cm³/mol. The summed E-state index contributed by atoms with van der Waals surface area (Å²) in [6, 6.07) is 7.34. The summed E-state index contributed by atoms with van der Waals surface area (Å²) in [4.78, 5) is 27.2. The van der Waals surface area contributed by atoms with Crippen LogP contribution in [0.1, 0.15) is 28.6 Å². The van der Waals surface area contributed by atoms with Crippen molar-refractivity contribution >= 4 is 38.3 Å². The van der Waals surface area contributed by atoms with Crippen LogP contribution >= 0.6 is 0 Å². The predicted octanol–water partition coefficient (Wildman–Crippen LogP) is 5.90. The Morgan fingerprint density at radius 2 is 1.51 bits per heavy atom. The molecule has 0 saturated carbocycles. The lowest BCUT2D eigenvalue weighted by Gasteiger charge is -2.24. The molecule has 0 fully saturated rings. The monoisotopic (exact) mass is 554 g/mol. The third-order valence-electron chi connectivity index (χ3n) is 7.55. The van der Waals surface area contributed by atoms with Crippen molar-refractivity contribution in [2.45, 2.75) is 20.3 Å². The van der Waals surface area contributed by atoms with Gasteiger partial charge >= 0.3 is 0 Å². The van der Waals surface area contributed by atoms with E-state index < -0.39 is 11.2 Å². The molecule has 0 atom stereocenters. The summed E-state index contributed by atoms with van der Waals surface area (Å²) in [7, 11) is 4.34. The Balaban J connectivity index is 1.89. The van der Waals surface area contributed by atoms with Crippen LogP contribution in [0.5, 0.6) is 34.5 Å². The summed E-state index contributed by atoms with van der Waals surface area (Å²) < 4.78 is 23.0. The summed E-state index contributed by atoms with van der Waals surface area (Å²) in [6.07, 6.45) is 1.85. The molecule has 5 aromatic rings. The SMILES string of the molecule is COc1cc(OC)c2c3c(c(O)c(-c4c(OC)c5c(cc(O)c6c(O)cc(C)oc65)cc4=O)c2c1)C(=O)C=C(C)C3. The van der Waals surface area contributed by atoms with Crippen molar-refractivity contribution in [1.82, 2.24) is 0 Å². The van der Waals surface area contributed by atoms with Crippen molar-refractivity contribution in [2.24, 2.45) is 0 Å². The highest BCUT2D eigenvalue weighted by molar-refractivity contribution is 6.20. The Kier molecular flexibility index (Phi) is 5.84. The molecule has 41 heavy (non-hydrogen) atoms. The summed E-state index contributed by atoms with van der Waals surface area (Å²) in [5, 5.41) is 34.7. The molecule has 0 unspecified atom stereocenters. The highest BCUT2D eigenvalue weighted by atomic mass is 16.5. The van der Waals surface area contributed by atoms with Crippen LogP contribution in [0.15, 0.2) is 51.2 Å². The molecule has 9 nitrogen and oxygen atoms in total. The minimum Gasteiger partial charge on any atom is -0.507 e. The molecule has 4 aromatic carbocycles. The van der Waals surface area contributed by atoms with Crippen LogP contribution in [0.3, 0.4) is 0 Å². The van der Waals surface area contributed by atoms with Gasteiger partial charge in [-0.2, -0.15) is 0 Å². The number of carbonyl (C=O) groups excluding carboxylic acids is 1. The van der Waals surface area contributed by atoms with Crippen LogP contribution in [0.25, 0.3) is 43.6 Å². The molecule has 1 aliphatic carbocycles. The van der Waals surface area contributed by atoms with Crippen molar-refractivity contribution < 1.29 is 38.7 Å². The van der Waals surface area contributed by atoms with Crippen molar-refractivity contribution in [1.29, 1.82) is 0 Å². The molecular formula is C32H26O9. The van der Waals surface area contributed by atoms with E-state index in [1.807, 2.05) is 6.92 Å². The number of hydrogen-bond donors (Lipinski definition) is 3. The molecular weight excluding hydrogens is 528 g/mol. The van der Waals surface area contributed by atoms with Gasteiger partial charge in [0.05, 0.1) is 37.8 Å². The number of methoxy groups -OCH3 is 3. The molecule has 1 aliphatic rings. The van der Waals surface area contributed by atoms with Crippen LogP contribution in [-0.4, -0.2) is 42.4 Å². The molecule has 208 valence electrons. The van der Waals surface area contributed by atoms with E-state index >= 15 is 0 Å². The zero-order chi connectivity index (χ0) is 29.3. The minimum absolute atomic E-state index is 0.0274. The molecule has 0 amide bonds. The zero-order valence-electron chi connectivity index (χ0n) is 23.0. The van der Waals surface area contributed by atoms with Gasteiger partial charge in [0.15, 0.2) is 16.8 Å². The second-order valence-electron chi connectivity index (χ2n) is 10.1. The maximum atomic E-state index is 13.9. The number of benzene rings is 4. The highest BCUT2D eigenvalue weighted by Crippen LogP contribution is 2.51. The Hall–Kier alpha value is -5.18. The number of carbonyl (C=O) groups is 1. The second-order valence-corrected chi connectivity index (χ2v) is 10.1. The molecule has 0 bridgehead atoms. The van der Waals surface area contributed by atoms with E-state index in [1.54, 1.807) is 19.1 Å². The first-order chi connectivity index (χ1) is 19.6. The van der Waals surface area contributed by atoms with Gasteiger partial charge in [-0.25, -0.2) is 0 Å². The second kappa shape index (κ2) is 9.19. The first kappa shape index (κ1) is 26.1. The van der Waals surface area contributed by atoms with E-state index in [4.69, 9.17) is 18.6 Å². The van der Waals surface area contributed by atoms with E-state index in [1.165, 1.54) is 45.6 Å². The molecule has 0 saturated heterocycles. The fourth-order valence-corrected chi connectivity index (χ4v) is 5.93. The number of aryl methyl sites for hydroxylation is 1. The van der Waals surface area contributed by atoms with E-state index in [0.717, 1.165) is 5.57 Å². The topological polar surface area (TPSA) is 136 Å². The van der Waals surface area contributed by atoms with Crippen molar-refractivity contribution in [3.05, 3.63) is 69.1 Å². The van der Waals surface area contributed by atoms with Gasteiger partial charge < -0.3 is 33.9 Å². The largest absolute Gasteiger partial charge is 0.507 e. The van der Waals surface area contributed by atoms with Gasteiger partial charge in [0.25, 0.3) is 0 Å². The average Bonchev–Trinajstić information content (AvgIpc) is 2.91. The Labute approximate surface area is 233 Å². The van der Waals surface area contributed by atoms with Gasteiger partial charge in [0.2, 0.25) is 0 Å². The molecule has 1 heterocycles. The maximum Gasteiger partial charge on any atom is 0.190 e. The number of fused-ring (bicyclic) bond motifs is 6. The fraction of sp³-hybridized carbons (Fsp3) is 0.188. The Morgan fingerprint density at radius 1 is 0.780 bits per heavy atom. The summed E-state index contributed by atoms with van der Waals surface area (Å²) >= 11 is 0. The quantitative estimate of drug-likeness (QED) is 0.232. The molecule has 9 heteroatoms. The first-order valence-electron chi connectivity index (χ1n) is 12.7. The maximum absolute atomic E-state index is 13.9. The third-order valence-corrected chi connectivity index (χ3v) is 7.55. The number of allylic oxidation sites excluding steroid dienone is 2. The van der Waals surface area contributed by atoms with Gasteiger partial charge in [-0.15, -0.1) is 0 Å². The summed E-state index contributed by atoms with van der Waals surface area (Å²) in [5.74, 6) is -0.110. The van der Waals surface area contributed by atoms with Gasteiger partial charge in [-0.3, -0.25) is 9.59 Å². The molecule has 0 radical (unpaired) electrons. The van der Waals surface area contributed by atoms with E-state index in [9.17, 15) is 24.9 Å². The number of hydrogen-bond acceptors (Lipinski definition) is 9. The van der Waals surface area contributed by atoms with E-state index in [-0.39, 0.29) is 56.0 Å². The van der Waals surface area contributed by atoms with Crippen LogP contribution in [-0.2, 0) is 6.42 Å². The number of ether oxygens (including phenoxy) is 3. The van der Waals surface area contributed by atoms with Crippen LogP contribution in [0, 0.1) is 6.92 Å². The number of rotatable bonds is 4. The van der Waals surface area contributed by atoms with Gasteiger partial charge in [0.1, 0.15) is 45.6 Å². The lowest BCUT2D eigenvalue weighted by atomic mass is 9.82. The average molecular weight is 555 g/mol. The Bertz CT molecular complexity index is 2070. The fourth-order valence-electron chi connectivity index (χ4n) is 5.93. The first-order valence-corrected chi connectivity index (χ1v) is 12.7. The summed E-state index contributed by atoms with van der Waals surface area (Å²) in [6.45, 7) is 3.46. The number of phenolic OH excluding ortho intramolecular Hbond substituents is 2. The van der Waals surface area contributed by atoms with Gasteiger partial charge in [-0.1, -0.05) is 5.57 Å². The molecule has 3 N–H and O–H groups in total.